The van der Waals surface area contributed by atoms with E-state index < -0.39 is 0 Å². The molecule has 0 saturated carbocycles. The van der Waals surface area contributed by atoms with Crippen molar-refractivity contribution in [1.29, 1.82) is 0 Å². The second-order valence-electron chi connectivity index (χ2n) is 7.96. The van der Waals surface area contributed by atoms with Crippen molar-refractivity contribution in [2.45, 2.75) is 110 Å². The first-order chi connectivity index (χ1) is 13.1. The van der Waals surface area contributed by atoms with E-state index in [0.717, 1.165) is 19.4 Å². The minimum absolute atomic E-state index is 0.0305. The van der Waals surface area contributed by atoms with Gasteiger partial charge in [0.15, 0.2) is 0 Å². The zero-order valence-corrected chi connectivity index (χ0v) is 18.7. The molecule has 0 aromatic rings. The summed E-state index contributed by atoms with van der Waals surface area (Å²) in [4.78, 5) is 2.04. The van der Waals surface area contributed by atoms with E-state index in [0.29, 0.717) is 6.42 Å². The van der Waals surface area contributed by atoms with Gasteiger partial charge in [0.2, 0.25) is 0 Å². The number of hydrogen-bond acceptors (Lipinski definition) is 3. The van der Waals surface area contributed by atoms with Crippen LogP contribution in [0.25, 0.3) is 0 Å². The van der Waals surface area contributed by atoms with E-state index in [1.54, 1.807) is 0 Å². The van der Waals surface area contributed by atoms with Gasteiger partial charge < -0.3 is 9.84 Å². The van der Waals surface area contributed by atoms with Crippen molar-refractivity contribution >= 4 is 0 Å². The van der Waals surface area contributed by atoms with Crippen LogP contribution in [0.2, 0.25) is 0 Å². The Labute approximate surface area is 169 Å². The third-order valence-electron chi connectivity index (χ3n) is 4.77. The van der Waals surface area contributed by atoms with Gasteiger partial charge >= 0.3 is 0 Å². The van der Waals surface area contributed by atoms with Gasteiger partial charge in [-0.25, -0.2) is 0 Å². The van der Waals surface area contributed by atoms with Gasteiger partial charge in [0.25, 0.3) is 0 Å². The third kappa shape index (κ3) is 19.9. The van der Waals surface area contributed by atoms with Gasteiger partial charge in [-0.05, 0) is 59.5 Å². The van der Waals surface area contributed by atoms with Crippen molar-refractivity contribution in [1.82, 2.24) is 4.90 Å². The fourth-order valence-corrected chi connectivity index (χ4v) is 3.03. The van der Waals surface area contributed by atoms with Gasteiger partial charge in [-0.1, -0.05) is 69.8 Å². The number of rotatable bonds is 19. The molecule has 0 radical (unpaired) electrons. The maximum Gasteiger partial charge on any atom is 0.112 e. The fraction of sp³-hybridized carbons (Fsp3) is 0.833. The normalized spacial score (nSPS) is 14.6. The molecule has 0 heterocycles. The molecule has 0 saturated heterocycles. The third-order valence-corrected chi connectivity index (χ3v) is 4.77. The smallest absolute Gasteiger partial charge is 0.112 e. The SMILES string of the molecule is CCCCC/C=C\C/C=C\CCCCCCCCOC(CC(C)O)N(C)C. The number of aliphatic hydroxyl groups excluding tert-OH is 1. The summed E-state index contributed by atoms with van der Waals surface area (Å²) in [5.41, 5.74) is 0. The van der Waals surface area contributed by atoms with Crippen LogP contribution in [0.1, 0.15) is 97.3 Å². The summed E-state index contributed by atoms with van der Waals surface area (Å²) >= 11 is 0. The van der Waals surface area contributed by atoms with E-state index in [9.17, 15) is 5.11 Å². The molecule has 0 amide bonds. The zero-order valence-electron chi connectivity index (χ0n) is 18.7. The number of hydrogen-bond donors (Lipinski definition) is 1. The predicted molar refractivity (Wildman–Crippen MR) is 119 cm³/mol. The summed E-state index contributed by atoms with van der Waals surface area (Å²) < 4.78 is 5.88. The number of ether oxygens (including phenoxy) is 1. The van der Waals surface area contributed by atoms with Gasteiger partial charge in [0.1, 0.15) is 6.23 Å². The van der Waals surface area contributed by atoms with Crippen LogP contribution in [-0.2, 0) is 4.74 Å². The minimum atomic E-state index is -0.312. The number of nitrogens with zero attached hydrogens (tertiary/aromatic N) is 1. The maximum atomic E-state index is 9.50. The van der Waals surface area contributed by atoms with Crippen LogP contribution in [0.3, 0.4) is 0 Å². The van der Waals surface area contributed by atoms with E-state index in [2.05, 4.69) is 31.2 Å². The molecular weight excluding hydrogens is 334 g/mol. The standard InChI is InChI=1S/C24H47NO2/c1-5-6-7-8-9-10-11-12-13-14-15-16-17-18-19-20-21-27-24(25(3)4)22-23(2)26/h9-10,12-13,23-24,26H,5-8,11,14-22H2,1-4H3/b10-9-,13-12-. The summed E-state index contributed by atoms with van der Waals surface area (Å²) in [6.45, 7) is 4.87. The molecule has 0 bridgehead atoms. The Morgan fingerprint density at radius 2 is 1.37 bits per heavy atom. The van der Waals surface area contributed by atoms with Gasteiger partial charge in [0, 0.05) is 13.0 Å². The molecule has 0 spiro atoms. The molecule has 3 heteroatoms. The highest BCUT2D eigenvalue weighted by Gasteiger charge is 2.13. The van der Waals surface area contributed by atoms with Crippen molar-refractivity contribution in [2.75, 3.05) is 20.7 Å². The summed E-state index contributed by atoms with van der Waals surface area (Å²) in [5, 5.41) is 9.50. The Morgan fingerprint density at radius 3 is 1.93 bits per heavy atom. The van der Waals surface area contributed by atoms with Crippen molar-refractivity contribution in [3.05, 3.63) is 24.3 Å². The van der Waals surface area contributed by atoms with E-state index in [1.807, 2.05) is 25.9 Å². The lowest BCUT2D eigenvalue weighted by Gasteiger charge is -2.25. The molecule has 0 aliphatic heterocycles. The van der Waals surface area contributed by atoms with Crippen molar-refractivity contribution in [3.63, 3.8) is 0 Å². The van der Waals surface area contributed by atoms with Crippen LogP contribution in [0.5, 0.6) is 0 Å². The van der Waals surface area contributed by atoms with Gasteiger partial charge in [-0.2, -0.15) is 0 Å². The molecule has 1 N–H and O–H groups in total. The van der Waals surface area contributed by atoms with Gasteiger partial charge in [-0.3, -0.25) is 4.90 Å². The summed E-state index contributed by atoms with van der Waals surface area (Å²) in [6, 6.07) is 0. The van der Waals surface area contributed by atoms with E-state index >= 15 is 0 Å². The van der Waals surface area contributed by atoms with Crippen LogP contribution in [-0.4, -0.2) is 43.0 Å². The monoisotopic (exact) mass is 381 g/mol. The van der Waals surface area contributed by atoms with E-state index in [4.69, 9.17) is 4.74 Å². The van der Waals surface area contributed by atoms with Crippen LogP contribution in [0, 0.1) is 0 Å². The van der Waals surface area contributed by atoms with Gasteiger partial charge in [0.05, 0.1) is 6.10 Å². The largest absolute Gasteiger partial charge is 0.393 e. The molecule has 3 nitrogen and oxygen atoms in total. The molecule has 160 valence electrons. The average Bonchev–Trinajstić information content (AvgIpc) is 2.62. The molecule has 0 fully saturated rings. The summed E-state index contributed by atoms with van der Waals surface area (Å²) in [7, 11) is 4.01. The molecule has 2 atom stereocenters. The molecule has 0 aromatic heterocycles. The van der Waals surface area contributed by atoms with E-state index in [1.165, 1.54) is 64.2 Å². The van der Waals surface area contributed by atoms with Crippen LogP contribution in [0.4, 0.5) is 0 Å². The molecule has 0 rings (SSSR count). The molecule has 0 aliphatic carbocycles. The Hall–Kier alpha value is -0.640. The van der Waals surface area contributed by atoms with Crippen molar-refractivity contribution < 1.29 is 9.84 Å². The Balaban J connectivity index is 3.38. The first-order valence-electron chi connectivity index (χ1n) is 11.3. The molecule has 2 unspecified atom stereocenters. The highest BCUT2D eigenvalue weighted by atomic mass is 16.5. The average molecular weight is 382 g/mol. The highest BCUT2D eigenvalue weighted by Crippen LogP contribution is 2.10. The topological polar surface area (TPSA) is 32.7 Å². The van der Waals surface area contributed by atoms with Crippen molar-refractivity contribution in [3.8, 4) is 0 Å². The van der Waals surface area contributed by atoms with Crippen LogP contribution in [0.15, 0.2) is 24.3 Å². The number of unbranched alkanes of at least 4 members (excludes halogenated alkanes) is 9. The lowest BCUT2D eigenvalue weighted by molar-refractivity contribution is -0.0608. The molecular formula is C24H47NO2. The maximum absolute atomic E-state index is 9.50. The first kappa shape index (κ1) is 26.4. The fourth-order valence-electron chi connectivity index (χ4n) is 3.03. The Morgan fingerprint density at radius 1 is 0.815 bits per heavy atom. The molecule has 0 aromatic carbocycles. The second-order valence-corrected chi connectivity index (χ2v) is 7.96. The Kier molecular flexibility index (Phi) is 19.6. The summed E-state index contributed by atoms with van der Waals surface area (Å²) in [6.07, 6.45) is 24.9. The predicted octanol–water partition coefficient (Wildman–Crippen LogP) is 6.48. The number of allylic oxidation sites excluding steroid dienone is 4. The van der Waals surface area contributed by atoms with E-state index in [-0.39, 0.29) is 12.3 Å². The molecule has 27 heavy (non-hydrogen) atoms. The zero-order chi connectivity index (χ0) is 20.2. The lowest BCUT2D eigenvalue weighted by atomic mass is 10.1. The Bertz CT molecular complexity index is 350. The minimum Gasteiger partial charge on any atom is -0.393 e. The van der Waals surface area contributed by atoms with Crippen LogP contribution >= 0.6 is 0 Å². The second kappa shape index (κ2) is 20.1. The van der Waals surface area contributed by atoms with Gasteiger partial charge in [-0.15, -0.1) is 0 Å². The lowest BCUT2D eigenvalue weighted by Crippen LogP contribution is -2.33. The molecule has 0 aliphatic rings. The van der Waals surface area contributed by atoms with Crippen LogP contribution < -0.4 is 0 Å². The highest BCUT2D eigenvalue weighted by molar-refractivity contribution is 4.92. The van der Waals surface area contributed by atoms with Crippen molar-refractivity contribution in [2.24, 2.45) is 0 Å². The quantitative estimate of drug-likeness (QED) is 0.158. The first-order valence-corrected chi connectivity index (χ1v) is 11.3. The number of aliphatic hydroxyl groups is 1. The summed E-state index contributed by atoms with van der Waals surface area (Å²) in [5.74, 6) is 0.